The van der Waals surface area contributed by atoms with Crippen molar-refractivity contribution in [1.29, 1.82) is 0 Å². The first-order valence-corrected chi connectivity index (χ1v) is 11.1. The van der Waals surface area contributed by atoms with Crippen LogP contribution in [0, 0.1) is 13.7 Å². The molecular weight excluding hydrogens is 547 g/mol. The molecular formula is C23H20ClIN2O5. The van der Waals surface area contributed by atoms with E-state index in [-0.39, 0.29) is 12.3 Å². The third-order valence-electron chi connectivity index (χ3n) is 4.29. The zero-order valence-corrected chi connectivity index (χ0v) is 20.1. The molecule has 0 heterocycles. The molecule has 0 saturated carbocycles. The van der Waals surface area contributed by atoms with Crippen LogP contribution in [-0.4, -0.2) is 17.7 Å². The summed E-state index contributed by atoms with van der Waals surface area (Å²) in [5, 5.41) is 15.5. The Morgan fingerprint density at radius 3 is 2.66 bits per heavy atom. The maximum absolute atomic E-state index is 10.9. The fourth-order valence-corrected chi connectivity index (χ4v) is 3.77. The van der Waals surface area contributed by atoms with E-state index in [1.54, 1.807) is 18.3 Å². The number of rotatable bonds is 10. The second kappa shape index (κ2) is 11.7. The molecule has 0 fully saturated rings. The molecule has 0 amide bonds. The van der Waals surface area contributed by atoms with E-state index >= 15 is 0 Å². The van der Waals surface area contributed by atoms with Gasteiger partial charge in [0.15, 0.2) is 11.5 Å². The van der Waals surface area contributed by atoms with Crippen molar-refractivity contribution >= 4 is 46.1 Å². The monoisotopic (exact) mass is 566 g/mol. The molecule has 3 aromatic rings. The Kier molecular flexibility index (Phi) is 8.69. The van der Waals surface area contributed by atoms with Gasteiger partial charge in [0.25, 0.3) is 5.69 Å². The SMILES string of the molecule is CCOc1cc(/C=N\OCc2cccc([N+](=O)[O-])c2)cc(I)c1OCc1ccccc1Cl. The average Bonchev–Trinajstić information content (AvgIpc) is 2.77. The Labute approximate surface area is 204 Å². The predicted octanol–water partition coefficient (Wildman–Crippen LogP) is 6.38. The van der Waals surface area contributed by atoms with Crippen molar-refractivity contribution < 1.29 is 19.2 Å². The Morgan fingerprint density at radius 2 is 1.91 bits per heavy atom. The predicted molar refractivity (Wildman–Crippen MR) is 132 cm³/mol. The molecule has 0 N–H and O–H groups in total. The zero-order valence-electron chi connectivity index (χ0n) is 17.2. The number of nitrogens with zero attached hydrogens (tertiary/aromatic N) is 2. The van der Waals surface area contributed by atoms with Gasteiger partial charge >= 0.3 is 0 Å². The van der Waals surface area contributed by atoms with Crippen LogP contribution in [0.4, 0.5) is 5.69 Å². The lowest BCUT2D eigenvalue weighted by Gasteiger charge is -2.15. The Bertz CT molecular complexity index is 1120. The molecule has 0 aliphatic carbocycles. The summed E-state index contributed by atoms with van der Waals surface area (Å²) in [5.74, 6) is 1.22. The summed E-state index contributed by atoms with van der Waals surface area (Å²) in [6, 6.07) is 17.5. The quantitative estimate of drug-likeness (QED) is 0.123. The van der Waals surface area contributed by atoms with Crippen molar-refractivity contribution in [2.24, 2.45) is 5.16 Å². The van der Waals surface area contributed by atoms with Gasteiger partial charge in [-0.3, -0.25) is 10.1 Å². The van der Waals surface area contributed by atoms with Crippen LogP contribution in [0.1, 0.15) is 23.6 Å². The first-order valence-electron chi connectivity index (χ1n) is 9.69. The highest BCUT2D eigenvalue weighted by atomic mass is 127. The van der Waals surface area contributed by atoms with Gasteiger partial charge in [-0.1, -0.05) is 47.1 Å². The van der Waals surface area contributed by atoms with E-state index in [1.807, 2.05) is 43.3 Å². The number of non-ortho nitro benzene ring substituents is 1. The number of hydrogen-bond acceptors (Lipinski definition) is 6. The van der Waals surface area contributed by atoms with Gasteiger partial charge in [-0.2, -0.15) is 0 Å². The largest absolute Gasteiger partial charge is 0.490 e. The van der Waals surface area contributed by atoms with Crippen LogP contribution in [0.3, 0.4) is 0 Å². The molecule has 0 radical (unpaired) electrons. The molecule has 0 aliphatic heterocycles. The van der Waals surface area contributed by atoms with Crippen molar-refractivity contribution in [3.8, 4) is 11.5 Å². The molecule has 3 rings (SSSR count). The average molecular weight is 567 g/mol. The van der Waals surface area contributed by atoms with Crippen LogP contribution in [0.5, 0.6) is 11.5 Å². The molecule has 166 valence electrons. The highest BCUT2D eigenvalue weighted by Gasteiger charge is 2.13. The van der Waals surface area contributed by atoms with E-state index in [1.165, 1.54) is 12.1 Å². The first-order chi connectivity index (χ1) is 15.5. The third kappa shape index (κ3) is 6.57. The van der Waals surface area contributed by atoms with Gasteiger partial charge in [0.1, 0.15) is 13.2 Å². The standard InChI is InChI=1S/C23H20ClIN2O5/c1-2-30-22-12-17(13-26-32-14-16-6-5-8-19(10-16)27(28)29)11-21(25)23(22)31-15-18-7-3-4-9-20(18)24/h3-13H,2,14-15H2,1H3/b26-13-. The van der Waals surface area contributed by atoms with Crippen LogP contribution in [-0.2, 0) is 18.1 Å². The van der Waals surface area contributed by atoms with E-state index < -0.39 is 4.92 Å². The topological polar surface area (TPSA) is 83.2 Å². The smallest absolute Gasteiger partial charge is 0.269 e. The van der Waals surface area contributed by atoms with Gasteiger partial charge in [-0.25, -0.2) is 0 Å². The maximum atomic E-state index is 10.9. The summed E-state index contributed by atoms with van der Waals surface area (Å²) < 4.78 is 12.6. The van der Waals surface area contributed by atoms with Gasteiger partial charge in [0.05, 0.1) is 21.3 Å². The van der Waals surface area contributed by atoms with Crippen LogP contribution >= 0.6 is 34.2 Å². The van der Waals surface area contributed by atoms with Gasteiger partial charge in [-0.05, 0) is 53.3 Å². The van der Waals surface area contributed by atoms with Crippen LogP contribution in [0.15, 0.2) is 65.8 Å². The minimum absolute atomic E-state index is 0.0124. The summed E-state index contributed by atoms with van der Waals surface area (Å²) in [6.07, 6.45) is 1.56. The number of ether oxygens (including phenoxy) is 2. The Balaban J connectivity index is 1.68. The summed E-state index contributed by atoms with van der Waals surface area (Å²) in [7, 11) is 0. The van der Waals surface area contributed by atoms with Crippen LogP contribution in [0.25, 0.3) is 0 Å². The highest BCUT2D eigenvalue weighted by molar-refractivity contribution is 14.1. The third-order valence-corrected chi connectivity index (χ3v) is 5.46. The zero-order chi connectivity index (χ0) is 22.9. The molecule has 0 saturated heterocycles. The van der Waals surface area contributed by atoms with Crippen molar-refractivity contribution in [3.63, 3.8) is 0 Å². The van der Waals surface area contributed by atoms with Crippen molar-refractivity contribution in [2.75, 3.05) is 6.61 Å². The maximum Gasteiger partial charge on any atom is 0.269 e. The Hall–Kier alpha value is -2.85. The Morgan fingerprint density at radius 1 is 1.09 bits per heavy atom. The molecule has 32 heavy (non-hydrogen) atoms. The van der Waals surface area contributed by atoms with E-state index in [2.05, 4.69) is 27.7 Å². The molecule has 0 aromatic heterocycles. The minimum Gasteiger partial charge on any atom is -0.490 e. The number of oxime groups is 1. The van der Waals surface area contributed by atoms with E-state index in [0.29, 0.717) is 35.3 Å². The van der Waals surface area contributed by atoms with Gasteiger partial charge < -0.3 is 14.3 Å². The number of nitro benzene ring substituents is 1. The minimum atomic E-state index is -0.445. The molecule has 9 heteroatoms. The van der Waals surface area contributed by atoms with Crippen LogP contribution < -0.4 is 9.47 Å². The molecule has 3 aromatic carbocycles. The normalized spacial score (nSPS) is 10.8. The molecule has 0 atom stereocenters. The van der Waals surface area contributed by atoms with Gasteiger partial charge in [-0.15, -0.1) is 0 Å². The lowest BCUT2D eigenvalue weighted by atomic mass is 10.2. The summed E-state index contributed by atoms with van der Waals surface area (Å²) >= 11 is 8.40. The van der Waals surface area contributed by atoms with Crippen molar-refractivity contribution in [1.82, 2.24) is 0 Å². The second-order valence-corrected chi connectivity index (χ2v) is 8.15. The molecule has 0 aliphatic rings. The fourth-order valence-electron chi connectivity index (χ4n) is 2.80. The second-order valence-electron chi connectivity index (χ2n) is 6.58. The van der Waals surface area contributed by atoms with Crippen molar-refractivity contribution in [3.05, 3.63) is 96.1 Å². The summed E-state index contributed by atoms with van der Waals surface area (Å²) in [6.45, 7) is 2.80. The van der Waals surface area contributed by atoms with Gasteiger partial charge in [0, 0.05) is 28.3 Å². The molecule has 0 unspecified atom stereocenters. The highest BCUT2D eigenvalue weighted by Crippen LogP contribution is 2.35. The number of nitro groups is 1. The molecule has 7 nitrogen and oxygen atoms in total. The fraction of sp³-hybridized carbons (Fsp3) is 0.174. The van der Waals surface area contributed by atoms with E-state index in [9.17, 15) is 10.1 Å². The lowest BCUT2D eigenvalue weighted by molar-refractivity contribution is -0.384. The summed E-state index contributed by atoms with van der Waals surface area (Å²) in [4.78, 5) is 15.7. The van der Waals surface area contributed by atoms with Crippen LogP contribution in [0.2, 0.25) is 5.02 Å². The molecule has 0 spiro atoms. The number of hydrogen-bond donors (Lipinski definition) is 0. The van der Waals surface area contributed by atoms with E-state index in [4.69, 9.17) is 25.9 Å². The number of halogens is 2. The lowest BCUT2D eigenvalue weighted by Crippen LogP contribution is -2.03. The van der Waals surface area contributed by atoms with E-state index in [0.717, 1.165) is 14.7 Å². The number of benzene rings is 3. The van der Waals surface area contributed by atoms with Gasteiger partial charge in [0.2, 0.25) is 0 Å². The molecule has 0 bridgehead atoms. The first kappa shape index (κ1) is 23.8. The summed E-state index contributed by atoms with van der Waals surface area (Å²) in [5.41, 5.74) is 2.32. The van der Waals surface area contributed by atoms with Crippen molar-refractivity contribution in [2.45, 2.75) is 20.1 Å².